The zero-order valence-corrected chi connectivity index (χ0v) is 11.0. The van der Waals surface area contributed by atoms with E-state index in [1.165, 1.54) is 6.20 Å². The van der Waals surface area contributed by atoms with Gasteiger partial charge < -0.3 is 4.53 Å². The lowest BCUT2D eigenvalue weighted by Crippen LogP contribution is -2.23. The van der Waals surface area contributed by atoms with E-state index in [1.807, 2.05) is 6.92 Å². The van der Waals surface area contributed by atoms with E-state index in [0.29, 0.717) is 11.3 Å². The zero-order valence-electron chi connectivity index (χ0n) is 9.98. The Hall–Kier alpha value is -1.67. The second-order valence-electron chi connectivity index (χ2n) is 4.41. The molecule has 0 aromatic carbocycles. The SMILES string of the molecule is C/C(=N\O[Si](C)(C)C)c1ccncc1C#N. The highest BCUT2D eigenvalue weighted by atomic mass is 28.4. The van der Waals surface area contributed by atoms with Gasteiger partial charge in [0.1, 0.15) is 6.07 Å². The number of rotatable bonds is 3. The van der Waals surface area contributed by atoms with Gasteiger partial charge in [-0.25, -0.2) is 0 Å². The summed E-state index contributed by atoms with van der Waals surface area (Å²) in [6.45, 7) is 8.00. The average molecular weight is 233 g/mol. The summed E-state index contributed by atoms with van der Waals surface area (Å²) in [6, 6.07) is 3.85. The lowest BCUT2D eigenvalue weighted by Gasteiger charge is -2.13. The maximum atomic E-state index is 8.92. The van der Waals surface area contributed by atoms with Gasteiger partial charge in [0.15, 0.2) is 0 Å². The summed E-state index contributed by atoms with van der Waals surface area (Å²) in [6.07, 6.45) is 3.17. The highest BCUT2D eigenvalue weighted by Gasteiger charge is 2.16. The van der Waals surface area contributed by atoms with Crippen LogP contribution in [-0.4, -0.2) is 19.0 Å². The second-order valence-corrected chi connectivity index (χ2v) is 8.82. The molecule has 1 rings (SSSR count). The minimum absolute atomic E-state index is 0.517. The van der Waals surface area contributed by atoms with Crippen LogP contribution >= 0.6 is 0 Å². The van der Waals surface area contributed by atoms with Crippen molar-refractivity contribution in [3.63, 3.8) is 0 Å². The van der Waals surface area contributed by atoms with E-state index in [1.54, 1.807) is 12.3 Å². The molecule has 0 N–H and O–H groups in total. The fourth-order valence-corrected chi connectivity index (χ4v) is 1.46. The number of nitriles is 1. The molecule has 0 saturated carbocycles. The van der Waals surface area contributed by atoms with Gasteiger partial charge in [0.25, 0.3) is 8.32 Å². The molecule has 0 aliphatic rings. The van der Waals surface area contributed by atoms with E-state index >= 15 is 0 Å². The summed E-state index contributed by atoms with van der Waals surface area (Å²) in [7, 11) is -1.67. The molecule has 1 heterocycles. The van der Waals surface area contributed by atoms with E-state index < -0.39 is 8.32 Å². The molecular formula is C11H15N3OSi. The van der Waals surface area contributed by atoms with E-state index in [9.17, 15) is 0 Å². The predicted molar refractivity (Wildman–Crippen MR) is 65.6 cm³/mol. The molecule has 0 unspecified atom stereocenters. The molecule has 0 bridgehead atoms. The second kappa shape index (κ2) is 4.90. The minimum Gasteiger partial charge on any atom is -0.455 e. The number of hydrogen-bond donors (Lipinski definition) is 0. The van der Waals surface area contributed by atoms with Crippen LogP contribution < -0.4 is 0 Å². The Bertz CT molecular complexity index is 443. The number of hydrogen-bond acceptors (Lipinski definition) is 4. The van der Waals surface area contributed by atoms with Gasteiger partial charge in [-0.1, -0.05) is 0 Å². The van der Waals surface area contributed by atoms with Crippen molar-refractivity contribution < 1.29 is 4.53 Å². The van der Waals surface area contributed by atoms with Gasteiger partial charge in [0.2, 0.25) is 0 Å². The lowest BCUT2D eigenvalue weighted by molar-refractivity contribution is 0.335. The largest absolute Gasteiger partial charge is 0.455 e. The third-order valence-corrected chi connectivity index (χ3v) is 2.43. The molecule has 5 heteroatoms. The lowest BCUT2D eigenvalue weighted by atomic mass is 10.1. The molecule has 0 atom stereocenters. The van der Waals surface area contributed by atoms with Gasteiger partial charge in [-0.15, -0.1) is 5.16 Å². The quantitative estimate of drug-likeness (QED) is 0.458. The third-order valence-electron chi connectivity index (χ3n) is 1.79. The maximum absolute atomic E-state index is 8.92. The fourth-order valence-electron chi connectivity index (χ4n) is 1.05. The summed E-state index contributed by atoms with van der Waals surface area (Å²) in [4.78, 5) is 3.90. The molecule has 0 fully saturated rings. The van der Waals surface area contributed by atoms with Crippen molar-refractivity contribution in [3.05, 3.63) is 29.6 Å². The average Bonchev–Trinajstić information content (AvgIpc) is 2.25. The van der Waals surface area contributed by atoms with E-state index in [0.717, 1.165) is 5.56 Å². The van der Waals surface area contributed by atoms with E-state index in [2.05, 4.69) is 35.8 Å². The summed E-state index contributed by atoms with van der Waals surface area (Å²) in [5.41, 5.74) is 2.00. The Morgan fingerprint density at radius 2 is 2.19 bits per heavy atom. The molecule has 0 saturated heterocycles. The molecule has 0 aliphatic carbocycles. The van der Waals surface area contributed by atoms with E-state index in [4.69, 9.17) is 9.79 Å². The highest BCUT2D eigenvalue weighted by Crippen LogP contribution is 2.09. The first kappa shape index (κ1) is 12.4. The van der Waals surface area contributed by atoms with Gasteiger partial charge in [-0.05, 0) is 32.6 Å². The third kappa shape index (κ3) is 3.48. The summed E-state index contributed by atoms with van der Waals surface area (Å²) < 4.78 is 5.44. The Balaban J connectivity index is 2.97. The first-order valence-electron chi connectivity index (χ1n) is 5.01. The predicted octanol–water partition coefficient (Wildman–Crippen LogP) is 2.53. The standard InChI is InChI=1S/C11H15N3OSi/c1-9(14-15-16(2,3)4)11-5-6-13-8-10(11)7-12/h5-6,8H,1-4H3/b14-9+. The smallest absolute Gasteiger partial charge is 0.278 e. The number of pyridine rings is 1. The number of oxime groups is 1. The number of aromatic nitrogens is 1. The van der Waals surface area contributed by atoms with Gasteiger partial charge in [0.05, 0.1) is 11.3 Å². The summed E-state index contributed by atoms with van der Waals surface area (Å²) in [5.74, 6) is 0. The van der Waals surface area contributed by atoms with Gasteiger partial charge in [0, 0.05) is 18.0 Å². The molecule has 1 aromatic rings. The van der Waals surface area contributed by atoms with Crippen molar-refractivity contribution in [2.45, 2.75) is 26.6 Å². The molecular weight excluding hydrogens is 218 g/mol. The van der Waals surface area contributed by atoms with Crippen LogP contribution in [0, 0.1) is 11.3 Å². The van der Waals surface area contributed by atoms with Crippen molar-refractivity contribution in [1.29, 1.82) is 5.26 Å². The van der Waals surface area contributed by atoms with Crippen LogP contribution in [0.5, 0.6) is 0 Å². The first-order chi connectivity index (χ1) is 7.44. The first-order valence-corrected chi connectivity index (χ1v) is 8.42. The molecule has 0 aliphatic heterocycles. The van der Waals surface area contributed by atoms with Crippen LogP contribution in [0.15, 0.2) is 23.6 Å². The monoisotopic (exact) mass is 233 g/mol. The molecule has 0 radical (unpaired) electrons. The van der Waals surface area contributed by atoms with Crippen molar-refractivity contribution in [2.75, 3.05) is 0 Å². The van der Waals surface area contributed by atoms with Crippen molar-refractivity contribution in [1.82, 2.24) is 4.98 Å². The van der Waals surface area contributed by atoms with Crippen LogP contribution in [0.2, 0.25) is 19.6 Å². The summed E-state index contributed by atoms with van der Waals surface area (Å²) in [5, 5.41) is 13.0. The fraction of sp³-hybridized carbons (Fsp3) is 0.364. The highest BCUT2D eigenvalue weighted by molar-refractivity contribution is 6.69. The Morgan fingerprint density at radius 1 is 1.50 bits per heavy atom. The van der Waals surface area contributed by atoms with E-state index in [-0.39, 0.29) is 0 Å². The van der Waals surface area contributed by atoms with Gasteiger partial charge >= 0.3 is 0 Å². The molecule has 1 aromatic heterocycles. The maximum Gasteiger partial charge on any atom is 0.278 e. The minimum atomic E-state index is -1.67. The zero-order chi connectivity index (χ0) is 12.2. The van der Waals surface area contributed by atoms with Crippen LogP contribution in [0.1, 0.15) is 18.1 Å². The molecule has 0 spiro atoms. The Kier molecular flexibility index (Phi) is 3.80. The van der Waals surface area contributed by atoms with Gasteiger partial charge in [-0.2, -0.15) is 5.26 Å². The molecule has 0 amide bonds. The topological polar surface area (TPSA) is 58.3 Å². The normalized spacial score (nSPS) is 12.1. The van der Waals surface area contributed by atoms with Crippen LogP contribution in [0.25, 0.3) is 0 Å². The van der Waals surface area contributed by atoms with Crippen LogP contribution in [-0.2, 0) is 4.53 Å². The number of nitrogens with zero attached hydrogens (tertiary/aromatic N) is 3. The van der Waals surface area contributed by atoms with Crippen LogP contribution in [0.4, 0.5) is 0 Å². The Morgan fingerprint density at radius 3 is 2.75 bits per heavy atom. The summed E-state index contributed by atoms with van der Waals surface area (Å²) >= 11 is 0. The van der Waals surface area contributed by atoms with Crippen molar-refractivity contribution in [3.8, 4) is 6.07 Å². The molecule has 4 nitrogen and oxygen atoms in total. The Labute approximate surface area is 96.7 Å². The van der Waals surface area contributed by atoms with Gasteiger partial charge in [-0.3, -0.25) is 4.98 Å². The van der Waals surface area contributed by atoms with Crippen molar-refractivity contribution >= 4 is 14.0 Å². The molecule has 16 heavy (non-hydrogen) atoms. The van der Waals surface area contributed by atoms with Crippen molar-refractivity contribution in [2.24, 2.45) is 5.16 Å². The van der Waals surface area contributed by atoms with Crippen LogP contribution in [0.3, 0.4) is 0 Å². The molecule has 84 valence electrons.